The van der Waals surface area contributed by atoms with E-state index in [1.807, 2.05) is 6.92 Å². The number of Topliss-reactive ketones (excluding diaryl/α,β-unsaturated/α-hetero) is 1. The van der Waals surface area contributed by atoms with Gasteiger partial charge in [-0.1, -0.05) is 27.7 Å². The van der Waals surface area contributed by atoms with E-state index >= 15 is 0 Å². The van der Waals surface area contributed by atoms with E-state index in [0.29, 0.717) is 12.2 Å². The highest BCUT2D eigenvalue weighted by atomic mass is 28.4. The first-order valence-electron chi connectivity index (χ1n) is 5.86. The molecule has 0 aromatic heterocycles. The molecule has 1 aliphatic carbocycles. The maximum Gasteiger partial charge on any atom is 0.192 e. The molecule has 1 rings (SSSR count). The minimum Gasteiger partial charge on any atom is -0.413 e. The van der Waals surface area contributed by atoms with Crippen molar-refractivity contribution in [2.45, 2.75) is 64.8 Å². The van der Waals surface area contributed by atoms with Gasteiger partial charge >= 0.3 is 0 Å². The Balaban J connectivity index is 2.66. The number of carbonyl (C=O) groups excluding carboxylic acids is 1. The minimum atomic E-state index is -1.69. The summed E-state index contributed by atoms with van der Waals surface area (Å²) in [5.41, 5.74) is 0. The molecule has 1 aliphatic rings. The van der Waals surface area contributed by atoms with Crippen LogP contribution in [0, 0.1) is 5.92 Å². The monoisotopic (exact) mass is 228 g/mol. The molecule has 1 saturated carbocycles. The van der Waals surface area contributed by atoms with Crippen LogP contribution in [0.1, 0.15) is 40.5 Å². The van der Waals surface area contributed by atoms with Crippen molar-refractivity contribution in [1.29, 1.82) is 0 Å². The van der Waals surface area contributed by atoms with Crippen molar-refractivity contribution in [2.24, 2.45) is 5.92 Å². The molecular formula is C12H24O2Si. The van der Waals surface area contributed by atoms with Gasteiger partial charge in [0.25, 0.3) is 0 Å². The second kappa shape index (κ2) is 4.02. The van der Waals surface area contributed by atoms with Gasteiger partial charge in [-0.05, 0) is 24.6 Å². The minimum absolute atomic E-state index is 0.110. The van der Waals surface area contributed by atoms with E-state index in [2.05, 4.69) is 33.9 Å². The van der Waals surface area contributed by atoms with Crippen molar-refractivity contribution in [1.82, 2.24) is 0 Å². The number of hydrogen-bond donors (Lipinski definition) is 0. The van der Waals surface area contributed by atoms with E-state index < -0.39 is 8.32 Å². The Morgan fingerprint density at radius 3 is 2.20 bits per heavy atom. The molecule has 0 saturated heterocycles. The quantitative estimate of drug-likeness (QED) is 0.677. The molecule has 0 unspecified atom stereocenters. The lowest BCUT2D eigenvalue weighted by atomic mass is 10.1. The fourth-order valence-electron chi connectivity index (χ4n) is 1.69. The van der Waals surface area contributed by atoms with Crippen molar-refractivity contribution in [3.63, 3.8) is 0 Å². The second-order valence-electron chi connectivity index (χ2n) is 6.21. The van der Waals surface area contributed by atoms with Gasteiger partial charge in [-0.2, -0.15) is 0 Å². The van der Waals surface area contributed by atoms with Crippen LogP contribution in [-0.2, 0) is 9.22 Å². The SMILES string of the molecule is C[C@@H]1C(=O)CC[C@@H]1O[Si](C)(C)C(C)(C)C. The molecule has 1 fully saturated rings. The largest absolute Gasteiger partial charge is 0.413 e. The third kappa shape index (κ3) is 2.70. The Kier molecular flexibility index (Phi) is 3.46. The summed E-state index contributed by atoms with van der Waals surface area (Å²) in [5, 5.41) is 0.234. The average Bonchev–Trinajstić information content (AvgIpc) is 2.33. The van der Waals surface area contributed by atoms with Gasteiger partial charge in [-0.3, -0.25) is 4.79 Å². The highest BCUT2D eigenvalue weighted by molar-refractivity contribution is 6.74. The average molecular weight is 228 g/mol. The van der Waals surface area contributed by atoms with Crippen molar-refractivity contribution in [3.8, 4) is 0 Å². The zero-order valence-corrected chi connectivity index (χ0v) is 11.9. The standard InChI is InChI=1S/C12H24O2Si/c1-9-10(13)7-8-11(9)14-15(5,6)12(2,3)4/h9,11H,7-8H2,1-6H3/t9-,11+/m1/s1. The van der Waals surface area contributed by atoms with Gasteiger partial charge in [0.2, 0.25) is 0 Å². The maximum absolute atomic E-state index is 11.5. The molecule has 0 aromatic carbocycles. The molecule has 2 atom stereocenters. The lowest BCUT2D eigenvalue weighted by molar-refractivity contribution is -0.121. The van der Waals surface area contributed by atoms with Gasteiger partial charge in [0.1, 0.15) is 5.78 Å². The van der Waals surface area contributed by atoms with Crippen LogP contribution < -0.4 is 0 Å². The Morgan fingerprint density at radius 1 is 1.33 bits per heavy atom. The highest BCUT2D eigenvalue weighted by Gasteiger charge is 2.42. The van der Waals surface area contributed by atoms with Gasteiger partial charge in [-0.25, -0.2) is 0 Å². The molecule has 88 valence electrons. The molecule has 0 N–H and O–H groups in total. The maximum atomic E-state index is 11.5. The summed E-state index contributed by atoms with van der Waals surface area (Å²) in [6.45, 7) is 13.2. The van der Waals surface area contributed by atoms with Crippen LogP contribution in [0.4, 0.5) is 0 Å². The van der Waals surface area contributed by atoms with Gasteiger partial charge in [0, 0.05) is 12.3 Å². The van der Waals surface area contributed by atoms with E-state index in [1.54, 1.807) is 0 Å². The molecule has 0 aliphatic heterocycles. The Morgan fingerprint density at radius 2 is 1.87 bits per heavy atom. The van der Waals surface area contributed by atoms with Crippen molar-refractivity contribution >= 4 is 14.1 Å². The Hall–Kier alpha value is -0.153. The number of ketones is 1. The van der Waals surface area contributed by atoms with Crippen molar-refractivity contribution in [3.05, 3.63) is 0 Å². The Labute approximate surface area is 94.5 Å². The molecule has 0 bridgehead atoms. The molecule has 0 radical (unpaired) electrons. The summed E-state index contributed by atoms with van der Waals surface area (Å²) in [7, 11) is -1.69. The fraction of sp³-hybridized carbons (Fsp3) is 0.917. The van der Waals surface area contributed by atoms with Crippen LogP contribution in [0.5, 0.6) is 0 Å². The summed E-state index contributed by atoms with van der Waals surface area (Å²) >= 11 is 0. The summed E-state index contributed by atoms with van der Waals surface area (Å²) < 4.78 is 6.26. The summed E-state index contributed by atoms with van der Waals surface area (Å²) in [6, 6.07) is 0. The lowest BCUT2D eigenvalue weighted by Crippen LogP contribution is -2.44. The lowest BCUT2D eigenvalue weighted by Gasteiger charge is -2.39. The molecule has 0 aromatic rings. The summed E-state index contributed by atoms with van der Waals surface area (Å²) in [4.78, 5) is 11.5. The predicted molar refractivity (Wildman–Crippen MR) is 65.5 cm³/mol. The highest BCUT2D eigenvalue weighted by Crippen LogP contribution is 2.39. The van der Waals surface area contributed by atoms with E-state index in [-0.39, 0.29) is 17.1 Å². The van der Waals surface area contributed by atoms with Crippen LogP contribution in [-0.4, -0.2) is 20.2 Å². The molecule has 0 heterocycles. The molecule has 0 amide bonds. The topological polar surface area (TPSA) is 26.3 Å². The van der Waals surface area contributed by atoms with Crippen LogP contribution in [0.25, 0.3) is 0 Å². The smallest absolute Gasteiger partial charge is 0.192 e. The second-order valence-corrected chi connectivity index (χ2v) is 11.0. The fourth-order valence-corrected chi connectivity index (χ4v) is 3.12. The van der Waals surface area contributed by atoms with Crippen LogP contribution in [0.15, 0.2) is 0 Å². The van der Waals surface area contributed by atoms with Gasteiger partial charge in [0.05, 0.1) is 6.10 Å². The van der Waals surface area contributed by atoms with Crippen LogP contribution >= 0.6 is 0 Å². The molecule has 2 nitrogen and oxygen atoms in total. The third-order valence-electron chi connectivity index (χ3n) is 3.99. The van der Waals surface area contributed by atoms with E-state index in [0.717, 1.165) is 6.42 Å². The van der Waals surface area contributed by atoms with Crippen molar-refractivity contribution < 1.29 is 9.22 Å². The van der Waals surface area contributed by atoms with Gasteiger partial charge < -0.3 is 4.43 Å². The van der Waals surface area contributed by atoms with Crippen LogP contribution in [0.3, 0.4) is 0 Å². The first-order chi connectivity index (χ1) is 6.65. The van der Waals surface area contributed by atoms with Gasteiger partial charge in [0.15, 0.2) is 8.32 Å². The zero-order chi connectivity index (χ0) is 11.9. The van der Waals surface area contributed by atoms with Crippen LogP contribution in [0.2, 0.25) is 18.1 Å². The number of rotatable bonds is 2. The predicted octanol–water partition coefficient (Wildman–Crippen LogP) is 3.38. The van der Waals surface area contributed by atoms with E-state index in [9.17, 15) is 4.79 Å². The molecule has 15 heavy (non-hydrogen) atoms. The van der Waals surface area contributed by atoms with E-state index in [1.165, 1.54) is 0 Å². The number of carbonyl (C=O) groups is 1. The molecule has 0 spiro atoms. The summed E-state index contributed by atoms with van der Waals surface area (Å²) in [6.07, 6.45) is 1.81. The first kappa shape index (κ1) is 12.9. The van der Waals surface area contributed by atoms with E-state index in [4.69, 9.17) is 4.43 Å². The Bertz CT molecular complexity index is 253. The normalized spacial score (nSPS) is 28.5. The molecular weight excluding hydrogens is 204 g/mol. The molecule has 3 heteroatoms. The zero-order valence-electron chi connectivity index (χ0n) is 10.9. The third-order valence-corrected chi connectivity index (χ3v) is 8.50. The number of hydrogen-bond acceptors (Lipinski definition) is 2. The van der Waals surface area contributed by atoms with Crippen molar-refractivity contribution in [2.75, 3.05) is 0 Å². The first-order valence-corrected chi connectivity index (χ1v) is 8.76. The summed E-state index contributed by atoms with van der Waals surface area (Å²) in [5.74, 6) is 0.484. The van der Waals surface area contributed by atoms with Gasteiger partial charge in [-0.15, -0.1) is 0 Å².